The lowest BCUT2D eigenvalue weighted by atomic mass is 9.67. The van der Waals surface area contributed by atoms with Crippen molar-refractivity contribution < 1.29 is 27.8 Å². The molecule has 6 rings (SSSR count). The van der Waals surface area contributed by atoms with Gasteiger partial charge in [0.1, 0.15) is 27.8 Å². The van der Waals surface area contributed by atoms with Crippen molar-refractivity contribution in [2.45, 2.75) is 43.4 Å². The van der Waals surface area contributed by atoms with Gasteiger partial charge in [0.05, 0.1) is 18.4 Å². The Morgan fingerprint density at radius 3 is 2.62 bits per heavy atom. The minimum atomic E-state index is -2.98. The Labute approximate surface area is 236 Å². The van der Waals surface area contributed by atoms with Crippen LogP contribution in [0.15, 0.2) is 59.0 Å². The largest absolute Gasteiger partial charge is 0.433 e. The molecule has 1 aliphatic carbocycles. The number of carbonyl (C=O) groups is 2. The standard InChI is InChI=1S/C27H25F2N5O4S2/c28-24(29)38-18-7-8-19(30-12-18)22(36)31-20-14-39-23(32-20)27-15-37-26(9-4-10-26)11-17(27)13-40-25(34-27)33-21(35)16-5-2-1-3-6-16/h1-3,5-8,12,14,17,24H,4,9-11,13,15H2,(H,31,36)(H,33,34,35)/t17-,27?/m1/s1. The molecule has 2 aliphatic heterocycles. The van der Waals surface area contributed by atoms with E-state index in [4.69, 9.17) is 14.7 Å². The van der Waals surface area contributed by atoms with Crippen LogP contribution in [-0.4, -0.2) is 51.5 Å². The molecule has 3 aliphatic rings. The topological polar surface area (TPSA) is 115 Å². The van der Waals surface area contributed by atoms with Crippen LogP contribution in [0.5, 0.6) is 5.75 Å². The van der Waals surface area contributed by atoms with Gasteiger partial charge in [0.25, 0.3) is 11.8 Å². The second-order valence-corrected chi connectivity index (χ2v) is 11.8. The van der Waals surface area contributed by atoms with E-state index in [1.54, 1.807) is 17.5 Å². The number of amidine groups is 1. The smallest absolute Gasteiger partial charge is 0.387 e. The van der Waals surface area contributed by atoms with Crippen molar-refractivity contribution in [1.29, 1.82) is 0 Å². The average molecular weight is 586 g/mol. The first-order valence-corrected chi connectivity index (χ1v) is 14.6. The predicted octanol–water partition coefficient (Wildman–Crippen LogP) is 5.08. The Hall–Kier alpha value is -3.42. The Morgan fingerprint density at radius 1 is 1.10 bits per heavy atom. The minimum Gasteiger partial charge on any atom is -0.433 e. The lowest BCUT2D eigenvalue weighted by Crippen LogP contribution is -2.57. The second-order valence-electron chi connectivity index (χ2n) is 9.95. The molecular formula is C27H25F2N5O4S2. The number of fused-ring (bicyclic) bond motifs is 1. The van der Waals surface area contributed by atoms with Gasteiger partial charge in [-0.15, -0.1) is 11.3 Å². The molecule has 2 N–H and O–H groups in total. The minimum absolute atomic E-state index is 0.0260. The number of pyridine rings is 1. The molecule has 2 atom stereocenters. The Kier molecular flexibility index (Phi) is 7.27. The molecule has 2 aromatic heterocycles. The number of rotatable bonds is 6. The van der Waals surface area contributed by atoms with Gasteiger partial charge in [-0.3, -0.25) is 9.59 Å². The highest BCUT2D eigenvalue weighted by molar-refractivity contribution is 8.13. The summed E-state index contributed by atoms with van der Waals surface area (Å²) >= 11 is 2.89. The van der Waals surface area contributed by atoms with Crippen LogP contribution in [0.4, 0.5) is 14.6 Å². The summed E-state index contributed by atoms with van der Waals surface area (Å²) in [6.07, 6.45) is 5.11. The molecule has 1 unspecified atom stereocenters. The molecule has 208 valence electrons. The van der Waals surface area contributed by atoms with E-state index in [1.807, 2.05) is 18.2 Å². The maximum atomic E-state index is 12.9. The molecule has 1 spiro atoms. The van der Waals surface area contributed by atoms with Crippen LogP contribution < -0.4 is 15.4 Å². The van der Waals surface area contributed by atoms with E-state index in [0.29, 0.717) is 28.2 Å². The number of ether oxygens (including phenoxy) is 2. The van der Waals surface area contributed by atoms with Gasteiger partial charge in [0.2, 0.25) is 0 Å². The molecular weight excluding hydrogens is 560 g/mol. The van der Waals surface area contributed by atoms with Crippen molar-refractivity contribution in [3.05, 3.63) is 70.3 Å². The van der Waals surface area contributed by atoms with Gasteiger partial charge >= 0.3 is 6.61 Å². The molecule has 40 heavy (non-hydrogen) atoms. The third-order valence-electron chi connectivity index (χ3n) is 7.45. The fraction of sp³-hybridized carbons (Fsp3) is 0.370. The van der Waals surface area contributed by atoms with Gasteiger partial charge in [-0.2, -0.15) is 8.78 Å². The lowest BCUT2D eigenvalue weighted by Gasteiger charge is -2.54. The number of alkyl halides is 2. The number of aromatic nitrogens is 2. The Bertz CT molecular complexity index is 1430. The maximum Gasteiger partial charge on any atom is 0.387 e. The molecule has 13 heteroatoms. The molecule has 2 fully saturated rings. The van der Waals surface area contributed by atoms with Crippen molar-refractivity contribution >= 4 is 45.9 Å². The van der Waals surface area contributed by atoms with Crippen LogP contribution in [0, 0.1) is 5.92 Å². The number of thioether (sulfide) groups is 1. The molecule has 1 aromatic carbocycles. The van der Waals surface area contributed by atoms with Crippen molar-refractivity contribution in [2.75, 3.05) is 17.7 Å². The van der Waals surface area contributed by atoms with Crippen LogP contribution in [0.3, 0.4) is 0 Å². The fourth-order valence-corrected chi connectivity index (χ4v) is 7.30. The van der Waals surface area contributed by atoms with E-state index in [-0.39, 0.29) is 28.9 Å². The van der Waals surface area contributed by atoms with Crippen LogP contribution in [0.2, 0.25) is 0 Å². The number of halogens is 2. The fourth-order valence-electron chi connectivity index (χ4n) is 5.20. The SMILES string of the molecule is O=C(NC1=NC2(c3nc(NC(=O)c4ccc(OC(F)F)cn4)cs3)COC3(CCC3)C[C@@H]2CS1)c1ccccc1. The Balaban J connectivity index is 1.23. The number of nitrogens with one attached hydrogen (secondary N) is 2. The summed E-state index contributed by atoms with van der Waals surface area (Å²) in [5, 5.41) is 8.58. The van der Waals surface area contributed by atoms with Gasteiger partial charge in [-0.25, -0.2) is 15.0 Å². The molecule has 2 amide bonds. The second kappa shape index (κ2) is 10.9. The summed E-state index contributed by atoms with van der Waals surface area (Å²) in [5.74, 6) is 0.288. The first-order valence-electron chi connectivity index (χ1n) is 12.8. The molecule has 9 nitrogen and oxygen atoms in total. The van der Waals surface area contributed by atoms with E-state index in [2.05, 4.69) is 20.4 Å². The Morgan fingerprint density at radius 2 is 1.93 bits per heavy atom. The maximum absolute atomic E-state index is 12.9. The molecule has 3 aromatic rings. The van der Waals surface area contributed by atoms with Crippen LogP contribution in [0.1, 0.15) is 51.5 Å². The van der Waals surface area contributed by atoms with E-state index in [0.717, 1.165) is 37.6 Å². The molecule has 0 radical (unpaired) electrons. The average Bonchev–Trinajstić information content (AvgIpc) is 3.41. The summed E-state index contributed by atoms with van der Waals surface area (Å²) in [4.78, 5) is 39.3. The zero-order valence-electron chi connectivity index (χ0n) is 21.1. The molecule has 1 saturated carbocycles. The van der Waals surface area contributed by atoms with E-state index < -0.39 is 18.1 Å². The van der Waals surface area contributed by atoms with Crippen molar-refractivity contribution in [1.82, 2.24) is 15.3 Å². The quantitative estimate of drug-likeness (QED) is 0.415. The number of anilines is 1. The summed E-state index contributed by atoms with van der Waals surface area (Å²) < 4.78 is 35.5. The number of carbonyl (C=O) groups excluding carboxylic acids is 2. The summed E-state index contributed by atoms with van der Waals surface area (Å²) in [6.45, 7) is -2.65. The third kappa shape index (κ3) is 5.32. The number of hydrogen-bond acceptors (Lipinski definition) is 9. The van der Waals surface area contributed by atoms with Crippen LogP contribution in [0.25, 0.3) is 0 Å². The number of thiazole rings is 1. The zero-order valence-corrected chi connectivity index (χ0v) is 22.8. The van der Waals surface area contributed by atoms with Gasteiger partial charge in [-0.1, -0.05) is 30.0 Å². The van der Waals surface area contributed by atoms with Gasteiger partial charge in [0.15, 0.2) is 5.17 Å². The zero-order chi connectivity index (χ0) is 27.7. The predicted molar refractivity (Wildman–Crippen MR) is 147 cm³/mol. The van der Waals surface area contributed by atoms with Gasteiger partial charge < -0.3 is 20.1 Å². The van der Waals surface area contributed by atoms with E-state index in [1.165, 1.54) is 35.2 Å². The number of amides is 2. The van der Waals surface area contributed by atoms with Crippen molar-refractivity contribution in [3.63, 3.8) is 0 Å². The highest BCUT2D eigenvalue weighted by Crippen LogP contribution is 2.54. The van der Waals surface area contributed by atoms with Crippen molar-refractivity contribution in [2.24, 2.45) is 10.9 Å². The monoisotopic (exact) mass is 585 g/mol. The molecule has 0 bridgehead atoms. The molecule has 1 saturated heterocycles. The lowest BCUT2D eigenvalue weighted by molar-refractivity contribution is -0.169. The number of nitrogens with zero attached hydrogens (tertiary/aromatic N) is 3. The summed E-state index contributed by atoms with van der Waals surface area (Å²) in [6, 6.07) is 11.5. The molecule has 4 heterocycles. The highest BCUT2D eigenvalue weighted by atomic mass is 32.2. The van der Waals surface area contributed by atoms with Crippen LogP contribution in [-0.2, 0) is 10.3 Å². The summed E-state index contributed by atoms with van der Waals surface area (Å²) in [7, 11) is 0. The van der Waals surface area contributed by atoms with Crippen LogP contribution >= 0.6 is 23.1 Å². The van der Waals surface area contributed by atoms with Gasteiger partial charge in [0, 0.05) is 22.6 Å². The number of hydrogen-bond donors (Lipinski definition) is 2. The number of benzene rings is 1. The number of aliphatic imine (C=N–C) groups is 1. The summed E-state index contributed by atoms with van der Waals surface area (Å²) in [5.41, 5.74) is -0.351. The van der Waals surface area contributed by atoms with E-state index >= 15 is 0 Å². The normalized spacial score (nSPS) is 23.1. The van der Waals surface area contributed by atoms with E-state index in [9.17, 15) is 18.4 Å². The van der Waals surface area contributed by atoms with Gasteiger partial charge in [-0.05, 0) is 49.9 Å². The highest BCUT2D eigenvalue weighted by Gasteiger charge is 2.56. The first kappa shape index (κ1) is 26.8. The third-order valence-corrected chi connectivity index (χ3v) is 9.49. The first-order chi connectivity index (χ1) is 19.3. The van der Waals surface area contributed by atoms with Crippen molar-refractivity contribution in [3.8, 4) is 5.75 Å².